The van der Waals surface area contributed by atoms with E-state index in [4.69, 9.17) is 0 Å². The molecule has 1 saturated heterocycles. The van der Waals surface area contributed by atoms with Crippen molar-refractivity contribution in [1.29, 1.82) is 0 Å². The van der Waals surface area contributed by atoms with Gasteiger partial charge in [0.25, 0.3) is 5.91 Å². The van der Waals surface area contributed by atoms with E-state index in [0.717, 1.165) is 43.6 Å². The lowest BCUT2D eigenvalue weighted by molar-refractivity contribution is 0.0919. The number of carbonyl (C=O) groups excluding carboxylic acids is 1. The molecule has 1 atom stereocenters. The van der Waals surface area contributed by atoms with Crippen LogP contribution in [0.25, 0.3) is 0 Å². The molecular weight excluding hydrogens is 338 g/mol. The molecule has 2 aromatic rings. The fourth-order valence-corrected chi connectivity index (χ4v) is 3.75. The van der Waals surface area contributed by atoms with Gasteiger partial charge in [-0.15, -0.1) is 5.10 Å². The van der Waals surface area contributed by atoms with Crippen LogP contribution in [0.3, 0.4) is 0 Å². The molecule has 0 radical (unpaired) electrons. The highest BCUT2D eigenvalue weighted by atomic mass is 16.2. The summed E-state index contributed by atoms with van der Waals surface area (Å²) in [6, 6.07) is 8.77. The third-order valence-corrected chi connectivity index (χ3v) is 5.50. The van der Waals surface area contributed by atoms with Crippen molar-refractivity contribution in [2.45, 2.75) is 59.0 Å². The van der Waals surface area contributed by atoms with Gasteiger partial charge in [0, 0.05) is 0 Å². The molecule has 1 amide bonds. The van der Waals surface area contributed by atoms with E-state index >= 15 is 0 Å². The van der Waals surface area contributed by atoms with Crippen molar-refractivity contribution in [3.8, 4) is 0 Å². The molecule has 0 saturated carbocycles. The highest BCUT2D eigenvalue weighted by Gasteiger charge is 2.25. The van der Waals surface area contributed by atoms with Gasteiger partial charge in [-0.05, 0) is 56.3 Å². The Morgan fingerprint density at radius 1 is 1.26 bits per heavy atom. The zero-order valence-electron chi connectivity index (χ0n) is 16.8. The van der Waals surface area contributed by atoms with Gasteiger partial charge in [-0.25, -0.2) is 4.68 Å². The predicted molar refractivity (Wildman–Crippen MR) is 107 cm³/mol. The fourth-order valence-electron chi connectivity index (χ4n) is 3.75. The van der Waals surface area contributed by atoms with E-state index in [1.54, 1.807) is 0 Å². The molecule has 2 N–H and O–H groups in total. The van der Waals surface area contributed by atoms with Gasteiger partial charge in [-0.1, -0.05) is 50.3 Å². The summed E-state index contributed by atoms with van der Waals surface area (Å²) in [6.07, 6.45) is 3.05. The van der Waals surface area contributed by atoms with Crippen LogP contribution in [-0.2, 0) is 6.42 Å². The van der Waals surface area contributed by atoms with Crippen molar-refractivity contribution in [2.24, 2.45) is 5.92 Å². The number of amides is 1. The summed E-state index contributed by atoms with van der Waals surface area (Å²) >= 11 is 0. The number of benzene rings is 1. The molecule has 1 aromatic carbocycles. The summed E-state index contributed by atoms with van der Waals surface area (Å²) in [4.78, 5) is 12.9. The first-order chi connectivity index (χ1) is 13.0. The van der Waals surface area contributed by atoms with E-state index in [2.05, 4.69) is 66.0 Å². The van der Waals surface area contributed by atoms with E-state index in [0.29, 0.717) is 11.7 Å². The smallest absolute Gasteiger partial charge is 0.274 e. The lowest BCUT2D eigenvalue weighted by Crippen LogP contribution is -2.33. The topological polar surface area (TPSA) is 71.8 Å². The first-order valence-corrected chi connectivity index (χ1v) is 10.0. The first kappa shape index (κ1) is 19.5. The van der Waals surface area contributed by atoms with Gasteiger partial charge < -0.3 is 10.6 Å². The number of aromatic nitrogens is 3. The normalized spacial score (nSPS) is 16.5. The van der Waals surface area contributed by atoms with Crippen LogP contribution in [0.1, 0.15) is 73.0 Å². The van der Waals surface area contributed by atoms with Gasteiger partial charge in [0.05, 0.1) is 17.8 Å². The molecule has 3 rings (SSSR count). The lowest BCUT2D eigenvalue weighted by Gasteiger charge is -2.24. The Labute approximate surface area is 161 Å². The summed E-state index contributed by atoms with van der Waals surface area (Å²) in [5.41, 5.74) is 3.71. The zero-order chi connectivity index (χ0) is 19.4. The molecule has 1 aliphatic heterocycles. The number of hydrogen-bond acceptors (Lipinski definition) is 4. The Bertz CT molecular complexity index is 759. The van der Waals surface area contributed by atoms with Gasteiger partial charge in [0.15, 0.2) is 5.69 Å². The molecule has 0 spiro atoms. The number of nitrogens with one attached hydrogen (secondary N) is 2. The average Bonchev–Trinajstić information content (AvgIpc) is 3.08. The van der Waals surface area contributed by atoms with Crippen LogP contribution in [0, 0.1) is 12.8 Å². The van der Waals surface area contributed by atoms with E-state index in [1.165, 1.54) is 5.56 Å². The second kappa shape index (κ2) is 8.65. The molecule has 1 aromatic heterocycles. The molecule has 1 fully saturated rings. The summed E-state index contributed by atoms with van der Waals surface area (Å²) in [6.45, 7) is 10.3. The monoisotopic (exact) mass is 369 g/mol. The van der Waals surface area contributed by atoms with Crippen molar-refractivity contribution in [3.63, 3.8) is 0 Å². The predicted octanol–water partition coefficient (Wildman–Crippen LogP) is 3.20. The van der Waals surface area contributed by atoms with Crippen molar-refractivity contribution < 1.29 is 4.79 Å². The molecule has 0 aliphatic carbocycles. The number of piperidine rings is 1. The maximum absolute atomic E-state index is 12.9. The third kappa shape index (κ3) is 4.38. The minimum atomic E-state index is -0.147. The standard InChI is InChI=1S/C21H31N5O/c1-5-16-6-8-17(9-7-16)19(14(2)3)23-21(27)20-15(4)26(25-24-20)18-10-12-22-13-11-18/h6-9,14,18-19,22H,5,10-13H2,1-4H3,(H,23,27). The quantitative estimate of drug-likeness (QED) is 0.820. The van der Waals surface area contributed by atoms with Gasteiger partial charge in [0.2, 0.25) is 0 Å². The Hall–Kier alpha value is -2.21. The van der Waals surface area contributed by atoms with Gasteiger partial charge in [-0.3, -0.25) is 4.79 Å². The molecule has 27 heavy (non-hydrogen) atoms. The van der Waals surface area contributed by atoms with Gasteiger partial charge in [0.1, 0.15) is 0 Å². The molecule has 6 nitrogen and oxygen atoms in total. The van der Waals surface area contributed by atoms with Crippen LogP contribution in [0.4, 0.5) is 0 Å². The molecule has 0 bridgehead atoms. The van der Waals surface area contributed by atoms with Crippen LogP contribution in [0.5, 0.6) is 0 Å². The van der Waals surface area contributed by atoms with E-state index < -0.39 is 0 Å². The van der Waals surface area contributed by atoms with Gasteiger partial charge >= 0.3 is 0 Å². The van der Waals surface area contributed by atoms with Crippen LogP contribution in [0.15, 0.2) is 24.3 Å². The average molecular weight is 370 g/mol. The Kier molecular flexibility index (Phi) is 6.26. The second-order valence-corrected chi connectivity index (χ2v) is 7.74. The maximum Gasteiger partial charge on any atom is 0.274 e. The Morgan fingerprint density at radius 2 is 1.93 bits per heavy atom. The minimum Gasteiger partial charge on any atom is -0.344 e. The molecule has 1 unspecified atom stereocenters. The molecule has 146 valence electrons. The van der Waals surface area contributed by atoms with Crippen molar-refractivity contribution in [3.05, 3.63) is 46.8 Å². The second-order valence-electron chi connectivity index (χ2n) is 7.74. The van der Waals surface area contributed by atoms with Crippen molar-refractivity contribution in [1.82, 2.24) is 25.6 Å². The van der Waals surface area contributed by atoms with Crippen molar-refractivity contribution in [2.75, 3.05) is 13.1 Å². The van der Waals surface area contributed by atoms with E-state index in [1.807, 2.05) is 11.6 Å². The van der Waals surface area contributed by atoms with Crippen LogP contribution >= 0.6 is 0 Å². The Balaban J connectivity index is 1.76. The first-order valence-electron chi connectivity index (χ1n) is 10.0. The number of hydrogen-bond donors (Lipinski definition) is 2. The van der Waals surface area contributed by atoms with Gasteiger partial charge in [-0.2, -0.15) is 0 Å². The lowest BCUT2D eigenvalue weighted by atomic mass is 9.94. The zero-order valence-corrected chi connectivity index (χ0v) is 16.8. The largest absolute Gasteiger partial charge is 0.344 e. The summed E-state index contributed by atoms with van der Waals surface area (Å²) < 4.78 is 1.93. The molecular formula is C21H31N5O. The van der Waals surface area contributed by atoms with E-state index in [9.17, 15) is 4.79 Å². The number of aryl methyl sites for hydroxylation is 1. The number of rotatable bonds is 6. The maximum atomic E-state index is 12.9. The highest BCUT2D eigenvalue weighted by Crippen LogP contribution is 2.24. The number of nitrogens with zero attached hydrogens (tertiary/aromatic N) is 3. The van der Waals surface area contributed by atoms with Crippen LogP contribution in [0.2, 0.25) is 0 Å². The third-order valence-electron chi connectivity index (χ3n) is 5.50. The fraction of sp³-hybridized carbons (Fsp3) is 0.571. The molecule has 1 aliphatic rings. The van der Waals surface area contributed by atoms with Crippen LogP contribution in [-0.4, -0.2) is 34.0 Å². The minimum absolute atomic E-state index is 0.0492. The van der Waals surface area contributed by atoms with Crippen LogP contribution < -0.4 is 10.6 Å². The summed E-state index contributed by atoms with van der Waals surface area (Å²) in [7, 11) is 0. The van der Waals surface area contributed by atoms with Crippen molar-refractivity contribution >= 4 is 5.91 Å². The molecule has 6 heteroatoms. The Morgan fingerprint density at radius 3 is 2.52 bits per heavy atom. The molecule has 2 heterocycles. The SMILES string of the molecule is CCc1ccc(C(NC(=O)c2nnn(C3CCNCC3)c2C)C(C)C)cc1. The summed E-state index contributed by atoms with van der Waals surface area (Å²) in [5.74, 6) is 0.132. The number of carbonyl (C=O) groups is 1. The summed E-state index contributed by atoms with van der Waals surface area (Å²) in [5, 5.41) is 15.0. The van der Waals surface area contributed by atoms with E-state index in [-0.39, 0.29) is 17.9 Å². The highest BCUT2D eigenvalue weighted by molar-refractivity contribution is 5.93.